The maximum absolute atomic E-state index is 11.8. The molecule has 7 heteroatoms. The average molecular weight is 456 g/mol. The third-order valence-corrected chi connectivity index (χ3v) is 9.03. The van der Waals surface area contributed by atoms with Gasteiger partial charge in [0, 0.05) is 11.5 Å². The zero-order chi connectivity index (χ0) is 22.7. The van der Waals surface area contributed by atoms with Crippen molar-refractivity contribution in [1.82, 2.24) is 4.90 Å². The number of hydrogen-bond acceptors (Lipinski definition) is 5. The number of likely N-dealkylation sites (tertiary alicyclic amines) is 1. The molecule has 0 amide bonds. The van der Waals surface area contributed by atoms with Crippen molar-refractivity contribution in [3.63, 3.8) is 0 Å². The lowest BCUT2D eigenvalue weighted by Gasteiger charge is -2.65. The van der Waals surface area contributed by atoms with Crippen LogP contribution in [0.25, 0.3) is 0 Å². The molecule has 2 aromatic carbocycles. The van der Waals surface area contributed by atoms with Crippen molar-refractivity contribution in [3.05, 3.63) is 47.5 Å². The predicted octanol–water partition coefficient (Wildman–Crippen LogP) is 4.59. The first-order chi connectivity index (χ1) is 15.1. The van der Waals surface area contributed by atoms with Gasteiger partial charge in [0.05, 0.1) is 23.3 Å². The van der Waals surface area contributed by atoms with Gasteiger partial charge in [-0.05, 0) is 80.1 Å². The highest BCUT2D eigenvalue weighted by atomic mass is 32.2. The summed E-state index contributed by atoms with van der Waals surface area (Å²) < 4.78 is 26.1. The number of phenolic OH excluding ortho intramolecular Hbond substituents is 1. The Morgan fingerprint density at radius 2 is 1.78 bits per heavy atom. The van der Waals surface area contributed by atoms with Gasteiger partial charge in [-0.15, -0.1) is 0 Å². The smallest absolute Gasteiger partial charge is 0.229 e. The molecule has 32 heavy (non-hydrogen) atoms. The van der Waals surface area contributed by atoms with Crippen LogP contribution in [0.2, 0.25) is 0 Å². The highest BCUT2D eigenvalue weighted by molar-refractivity contribution is 7.92. The minimum absolute atomic E-state index is 0.127. The Balaban J connectivity index is 1.57. The number of likely N-dealkylation sites (N-methyl/N-ethyl adjacent to an activating group) is 1. The van der Waals surface area contributed by atoms with Crippen molar-refractivity contribution < 1.29 is 13.5 Å². The van der Waals surface area contributed by atoms with E-state index in [1.165, 1.54) is 36.8 Å². The van der Waals surface area contributed by atoms with E-state index in [-0.39, 0.29) is 16.6 Å². The average Bonchev–Trinajstić information content (AvgIpc) is 2.72. The number of nitrogens with zero attached hydrogens (tertiary/aromatic N) is 1. The highest BCUT2D eigenvalue weighted by Gasteiger charge is 2.60. The number of nitrogens with one attached hydrogen (secondary N) is 2. The fourth-order valence-electron chi connectivity index (χ4n) is 6.89. The molecular formula is C25H33N3O3S. The fourth-order valence-corrected chi connectivity index (χ4v) is 7.47. The summed E-state index contributed by atoms with van der Waals surface area (Å²) in [6.07, 6.45) is 8.21. The van der Waals surface area contributed by atoms with Crippen LogP contribution in [-0.2, 0) is 21.9 Å². The van der Waals surface area contributed by atoms with Crippen molar-refractivity contribution >= 4 is 27.1 Å². The topological polar surface area (TPSA) is 81.7 Å². The van der Waals surface area contributed by atoms with E-state index in [2.05, 4.69) is 35.0 Å². The lowest BCUT2D eigenvalue weighted by atomic mass is 9.45. The summed E-state index contributed by atoms with van der Waals surface area (Å²) in [6, 6.07) is 11.7. The number of fused-ring (bicyclic) bond motifs is 1. The molecule has 3 N–H and O–H groups in total. The number of sulfonamides is 1. The maximum Gasteiger partial charge on any atom is 0.229 e. The Morgan fingerprint density at radius 1 is 1.06 bits per heavy atom. The van der Waals surface area contributed by atoms with E-state index in [4.69, 9.17) is 0 Å². The third kappa shape index (κ3) is 3.28. The molecular weight excluding hydrogens is 422 g/mol. The molecule has 0 spiro atoms. The van der Waals surface area contributed by atoms with Crippen LogP contribution in [0.1, 0.15) is 50.2 Å². The molecule has 6 nitrogen and oxygen atoms in total. The summed E-state index contributed by atoms with van der Waals surface area (Å²) in [5.74, 6) is 0.220. The second-order valence-corrected chi connectivity index (χ2v) is 12.0. The molecule has 2 aromatic rings. The van der Waals surface area contributed by atoms with Crippen molar-refractivity contribution in [2.24, 2.45) is 5.41 Å². The summed E-state index contributed by atoms with van der Waals surface area (Å²) in [7, 11) is -1.16. The van der Waals surface area contributed by atoms with E-state index in [0.29, 0.717) is 23.1 Å². The third-order valence-electron chi connectivity index (χ3n) is 8.44. The molecule has 1 aliphatic heterocycles. The Bertz CT molecular complexity index is 1170. The molecule has 1 saturated heterocycles. The zero-order valence-corrected chi connectivity index (χ0v) is 19.9. The molecule has 0 radical (unpaired) electrons. The summed E-state index contributed by atoms with van der Waals surface area (Å²) >= 11 is 0. The SMILES string of the molecule is CN1CC[C@@]23CCCC[C@]2(C)[C@@H]1Cc1cc(Nc2ccccc2NS(C)(=O)=O)c(O)cc13. The Morgan fingerprint density at radius 3 is 2.53 bits per heavy atom. The van der Waals surface area contributed by atoms with Crippen molar-refractivity contribution in [2.75, 3.05) is 29.9 Å². The van der Waals surface area contributed by atoms with Gasteiger partial charge in [0.15, 0.2) is 0 Å². The first kappa shape index (κ1) is 21.6. The largest absolute Gasteiger partial charge is 0.506 e. The second-order valence-electron chi connectivity index (χ2n) is 10.2. The fraction of sp³-hybridized carbons (Fsp3) is 0.520. The minimum Gasteiger partial charge on any atom is -0.506 e. The van der Waals surface area contributed by atoms with Crippen LogP contribution >= 0.6 is 0 Å². The minimum atomic E-state index is -3.41. The Hall–Kier alpha value is -2.25. The number of rotatable bonds is 4. The second kappa shape index (κ2) is 7.39. The molecule has 2 bridgehead atoms. The summed E-state index contributed by atoms with van der Waals surface area (Å²) in [5, 5.41) is 14.3. The quantitative estimate of drug-likeness (QED) is 0.588. The van der Waals surface area contributed by atoms with Gasteiger partial charge in [-0.3, -0.25) is 4.72 Å². The highest BCUT2D eigenvalue weighted by Crippen LogP contribution is 2.63. The molecule has 0 aromatic heterocycles. The number of aromatic hydroxyl groups is 1. The summed E-state index contributed by atoms with van der Waals surface area (Å²) in [6.45, 7) is 3.58. The van der Waals surface area contributed by atoms with Crippen LogP contribution in [0.4, 0.5) is 17.1 Å². The molecule has 2 aliphatic carbocycles. The van der Waals surface area contributed by atoms with Gasteiger partial charge in [0.1, 0.15) is 5.75 Å². The van der Waals surface area contributed by atoms with Crippen molar-refractivity contribution in [3.8, 4) is 5.75 Å². The first-order valence-electron chi connectivity index (χ1n) is 11.5. The molecule has 2 fully saturated rings. The normalized spacial score (nSPS) is 29.7. The van der Waals surface area contributed by atoms with Gasteiger partial charge in [0.25, 0.3) is 0 Å². The Kier molecular flexibility index (Phi) is 4.98. The van der Waals surface area contributed by atoms with Crippen molar-refractivity contribution in [1.29, 1.82) is 0 Å². The number of anilines is 3. The van der Waals surface area contributed by atoms with E-state index in [0.717, 1.165) is 25.6 Å². The molecule has 5 rings (SSSR count). The summed E-state index contributed by atoms with van der Waals surface area (Å²) in [5.41, 5.74) is 4.68. The van der Waals surface area contributed by atoms with Crippen LogP contribution in [-0.4, -0.2) is 44.3 Å². The van der Waals surface area contributed by atoms with E-state index in [1.807, 2.05) is 18.2 Å². The van der Waals surface area contributed by atoms with Gasteiger partial charge in [-0.25, -0.2) is 8.42 Å². The lowest BCUT2D eigenvalue weighted by Crippen LogP contribution is -2.66. The van der Waals surface area contributed by atoms with Crippen LogP contribution in [0.3, 0.4) is 0 Å². The van der Waals surface area contributed by atoms with Gasteiger partial charge in [-0.2, -0.15) is 0 Å². The standard InChI is InChI=1S/C25H33N3O3S/c1-24-10-6-7-11-25(24)12-13-28(2)23(24)15-17-14-21(22(29)16-18(17)25)26-19-8-4-5-9-20(19)27-32(3,30)31/h4-5,8-9,14,16,23,26-27,29H,6-7,10-13,15H2,1-3H3/t23-,24+,25+/m0/s1. The van der Waals surface area contributed by atoms with E-state index >= 15 is 0 Å². The van der Waals surface area contributed by atoms with Crippen LogP contribution < -0.4 is 10.0 Å². The maximum atomic E-state index is 11.8. The zero-order valence-electron chi connectivity index (χ0n) is 19.1. The van der Waals surface area contributed by atoms with Crippen LogP contribution in [0.15, 0.2) is 36.4 Å². The van der Waals surface area contributed by atoms with E-state index < -0.39 is 10.0 Å². The number of phenols is 1. The predicted molar refractivity (Wildman–Crippen MR) is 129 cm³/mol. The van der Waals surface area contributed by atoms with Crippen LogP contribution in [0, 0.1) is 5.41 Å². The lowest BCUT2D eigenvalue weighted by molar-refractivity contribution is -0.0735. The summed E-state index contributed by atoms with van der Waals surface area (Å²) in [4.78, 5) is 2.54. The van der Waals surface area contributed by atoms with Gasteiger partial charge < -0.3 is 15.3 Å². The Labute approximate surface area is 191 Å². The van der Waals surface area contributed by atoms with Gasteiger partial charge in [-0.1, -0.05) is 31.9 Å². The monoisotopic (exact) mass is 455 g/mol. The van der Waals surface area contributed by atoms with E-state index in [1.54, 1.807) is 12.1 Å². The molecule has 3 aliphatic rings. The van der Waals surface area contributed by atoms with E-state index in [9.17, 15) is 13.5 Å². The molecule has 3 atom stereocenters. The number of hydrogen-bond donors (Lipinski definition) is 3. The molecule has 172 valence electrons. The number of benzene rings is 2. The van der Waals surface area contributed by atoms with Crippen molar-refractivity contribution in [2.45, 2.75) is 56.9 Å². The number of para-hydroxylation sites is 2. The molecule has 1 saturated carbocycles. The van der Waals surface area contributed by atoms with Crippen LogP contribution in [0.5, 0.6) is 5.75 Å². The first-order valence-corrected chi connectivity index (χ1v) is 13.4. The van der Waals surface area contributed by atoms with Gasteiger partial charge >= 0.3 is 0 Å². The number of piperidine rings is 1. The molecule has 0 unspecified atom stereocenters. The molecule has 1 heterocycles. The van der Waals surface area contributed by atoms with Gasteiger partial charge in [0.2, 0.25) is 10.0 Å².